The van der Waals surface area contributed by atoms with Gasteiger partial charge in [0.25, 0.3) is 0 Å². The zero-order valence-electron chi connectivity index (χ0n) is 20.4. The van der Waals surface area contributed by atoms with Crippen molar-refractivity contribution in [2.45, 2.75) is 51.2 Å². The maximum Gasteiger partial charge on any atom is 0.313 e. The zero-order chi connectivity index (χ0) is 24.0. The summed E-state index contributed by atoms with van der Waals surface area (Å²) in [5, 5.41) is 14.0. The molecule has 0 aromatic heterocycles. The molecule has 1 aromatic rings. The highest BCUT2D eigenvalue weighted by Gasteiger charge is 2.48. The molecule has 2 saturated carbocycles. The Hall–Kier alpha value is -2.21. The minimum Gasteiger partial charge on any atom is -0.460 e. The average molecular weight is 465 g/mol. The smallest absolute Gasteiger partial charge is 0.313 e. The third kappa shape index (κ3) is 5.70. The molecule has 5 heteroatoms. The van der Waals surface area contributed by atoms with Crippen LogP contribution in [0.5, 0.6) is 0 Å². The van der Waals surface area contributed by atoms with Crippen molar-refractivity contribution < 1.29 is 14.6 Å². The van der Waals surface area contributed by atoms with Crippen LogP contribution in [-0.2, 0) is 16.1 Å². The van der Waals surface area contributed by atoms with Gasteiger partial charge in [0.05, 0.1) is 12.0 Å². The van der Waals surface area contributed by atoms with Crippen LogP contribution in [0, 0.1) is 16.7 Å². The number of esters is 1. The van der Waals surface area contributed by atoms with Crippen molar-refractivity contribution >= 4 is 5.97 Å². The van der Waals surface area contributed by atoms with E-state index >= 15 is 0 Å². The van der Waals surface area contributed by atoms with Gasteiger partial charge in [0, 0.05) is 30.5 Å². The predicted octanol–water partition coefficient (Wildman–Crippen LogP) is 4.25. The van der Waals surface area contributed by atoms with Gasteiger partial charge in [0.1, 0.15) is 6.61 Å². The molecule has 0 radical (unpaired) electrons. The summed E-state index contributed by atoms with van der Waals surface area (Å²) in [7, 11) is 0. The highest BCUT2D eigenvalue weighted by atomic mass is 16.5. The number of benzene rings is 1. The maximum atomic E-state index is 13.0. The minimum absolute atomic E-state index is 0.0476. The summed E-state index contributed by atoms with van der Waals surface area (Å²) in [5.41, 5.74) is 1.83. The molecule has 2 aliphatic carbocycles. The average Bonchev–Trinajstić information content (AvgIpc) is 3.63. The number of hydrogen-bond donors (Lipinski definition) is 2. The van der Waals surface area contributed by atoms with Crippen LogP contribution in [0.4, 0.5) is 0 Å². The van der Waals surface area contributed by atoms with Crippen LogP contribution in [0.3, 0.4) is 0 Å². The SMILES string of the molecule is C=C/C=C(\C=C)[C@@H]1C[C@H]1NCC1(CO)CCN(CC2(C(=O)OCc3ccccc3)CCC2)CC1. The molecule has 3 fully saturated rings. The topological polar surface area (TPSA) is 61.8 Å². The van der Waals surface area contributed by atoms with Crippen molar-refractivity contribution in [3.8, 4) is 0 Å². The van der Waals surface area contributed by atoms with E-state index in [2.05, 4.69) is 23.4 Å². The van der Waals surface area contributed by atoms with Gasteiger partial charge in [-0.05, 0) is 56.3 Å². The summed E-state index contributed by atoms with van der Waals surface area (Å²) in [6.45, 7) is 11.7. The van der Waals surface area contributed by atoms with Crippen molar-refractivity contribution in [3.05, 3.63) is 72.9 Å². The molecule has 1 heterocycles. The number of allylic oxidation sites excluding steroid dienone is 3. The molecule has 2 N–H and O–H groups in total. The number of carbonyl (C=O) groups is 1. The summed E-state index contributed by atoms with van der Waals surface area (Å²) >= 11 is 0. The van der Waals surface area contributed by atoms with Crippen molar-refractivity contribution in [2.24, 2.45) is 16.7 Å². The number of rotatable bonds is 12. The number of piperidine rings is 1. The van der Waals surface area contributed by atoms with Gasteiger partial charge in [0.2, 0.25) is 0 Å². The molecule has 1 aromatic carbocycles. The maximum absolute atomic E-state index is 13.0. The van der Waals surface area contributed by atoms with Crippen molar-refractivity contribution in [2.75, 3.05) is 32.8 Å². The number of nitrogens with zero attached hydrogens (tertiary/aromatic N) is 1. The van der Waals surface area contributed by atoms with Crippen LogP contribution in [-0.4, -0.2) is 54.8 Å². The van der Waals surface area contributed by atoms with E-state index in [0.717, 1.165) is 70.3 Å². The minimum atomic E-state index is -0.355. The van der Waals surface area contributed by atoms with Crippen molar-refractivity contribution in [3.63, 3.8) is 0 Å². The Balaban J connectivity index is 1.25. The highest BCUT2D eigenvalue weighted by Crippen LogP contribution is 2.44. The van der Waals surface area contributed by atoms with E-state index in [4.69, 9.17) is 4.74 Å². The molecule has 0 amide bonds. The lowest BCUT2D eigenvalue weighted by Gasteiger charge is -2.47. The summed E-state index contributed by atoms with van der Waals surface area (Å²) in [4.78, 5) is 15.4. The normalized spacial score (nSPS) is 25.7. The Morgan fingerprint density at radius 1 is 1.18 bits per heavy atom. The van der Waals surface area contributed by atoms with Gasteiger partial charge in [-0.1, -0.05) is 68.1 Å². The first-order valence-electron chi connectivity index (χ1n) is 12.8. The van der Waals surface area contributed by atoms with Gasteiger partial charge < -0.3 is 20.1 Å². The van der Waals surface area contributed by atoms with E-state index in [1.54, 1.807) is 0 Å². The number of nitrogens with one attached hydrogen (secondary N) is 1. The van der Waals surface area contributed by atoms with Crippen LogP contribution in [0.2, 0.25) is 0 Å². The first kappa shape index (κ1) is 24.9. The molecule has 1 aliphatic heterocycles. The molecule has 0 bridgehead atoms. The van der Waals surface area contributed by atoms with Gasteiger partial charge in [-0.3, -0.25) is 4.79 Å². The van der Waals surface area contributed by atoms with Crippen LogP contribution in [0.1, 0.15) is 44.1 Å². The van der Waals surface area contributed by atoms with Crippen molar-refractivity contribution in [1.82, 2.24) is 10.2 Å². The van der Waals surface area contributed by atoms with Crippen molar-refractivity contribution in [1.29, 1.82) is 0 Å². The quantitative estimate of drug-likeness (QED) is 0.358. The lowest BCUT2D eigenvalue weighted by atomic mass is 9.68. The Bertz CT molecular complexity index is 882. The predicted molar refractivity (Wildman–Crippen MR) is 136 cm³/mol. The lowest BCUT2D eigenvalue weighted by molar-refractivity contribution is -0.165. The molecule has 4 rings (SSSR count). The first-order valence-corrected chi connectivity index (χ1v) is 12.8. The lowest BCUT2D eigenvalue weighted by Crippen LogP contribution is -2.53. The Kier molecular flexibility index (Phi) is 8.07. The van der Waals surface area contributed by atoms with E-state index in [-0.39, 0.29) is 23.4 Å². The first-order chi connectivity index (χ1) is 16.5. The second kappa shape index (κ2) is 11.0. The van der Waals surface area contributed by atoms with Crippen LogP contribution in [0.15, 0.2) is 67.3 Å². The molecular formula is C29H40N2O3. The number of carbonyl (C=O) groups excluding carboxylic acids is 1. The second-order valence-electron chi connectivity index (χ2n) is 10.6. The Morgan fingerprint density at radius 2 is 1.91 bits per heavy atom. The van der Waals surface area contributed by atoms with Gasteiger partial charge >= 0.3 is 5.97 Å². The molecular weight excluding hydrogens is 424 g/mol. The summed E-state index contributed by atoms with van der Waals surface area (Å²) < 4.78 is 5.73. The molecule has 34 heavy (non-hydrogen) atoms. The van der Waals surface area contributed by atoms with Crippen LogP contribution < -0.4 is 5.32 Å². The van der Waals surface area contributed by atoms with Gasteiger partial charge in [0.15, 0.2) is 0 Å². The molecule has 1 saturated heterocycles. The number of likely N-dealkylation sites (tertiary alicyclic amines) is 1. The molecule has 0 spiro atoms. The van der Waals surface area contributed by atoms with Crippen LogP contribution in [0.25, 0.3) is 0 Å². The van der Waals surface area contributed by atoms with E-state index in [1.165, 1.54) is 5.57 Å². The van der Waals surface area contributed by atoms with Crippen LogP contribution >= 0.6 is 0 Å². The molecule has 184 valence electrons. The molecule has 0 unspecified atom stereocenters. The zero-order valence-corrected chi connectivity index (χ0v) is 20.4. The molecule has 3 aliphatic rings. The molecule has 2 atom stereocenters. The third-order valence-electron chi connectivity index (χ3n) is 8.24. The number of hydrogen-bond acceptors (Lipinski definition) is 5. The summed E-state index contributed by atoms with van der Waals surface area (Å²) in [6, 6.07) is 10.4. The standard InChI is InChI=1S/C29H40N2O3/c1-3-9-24(4-2)25-18-26(25)30-20-28(22-32)14-16-31(17-15-28)21-29(12-8-13-29)27(33)34-19-23-10-6-5-7-11-23/h3-7,9-11,25-26,30,32H,1-2,8,12-22H2/b24-9+/t25-,26+/m0/s1. The molecule has 5 nitrogen and oxygen atoms in total. The third-order valence-corrected chi connectivity index (χ3v) is 8.24. The number of aliphatic hydroxyl groups excluding tert-OH is 1. The number of ether oxygens (including phenoxy) is 1. The van der Waals surface area contributed by atoms with Gasteiger partial charge in [-0.25, -0.2) is 0 Å². The highest BCUT2D eigenvalue weighted by molar-refractivity contribution is 5.78. The van der Waals surface area contributed by atoms with E-state index in [0.29, 0.717) is 18.6 Å². The van der Waals surface area contributed by atoms with Gasteiger partial charge in [-0.2, -0.15) is 0 Å². The Morgan fingerprint density at radius 3 is 2.50 bits per heavy atom. The van der Waals surface area contributed by atoms with E-state index < -0.39 is 0 Å². The fraction of sp³-hybridized carbons (Fsp3) is 0.552. The largest absolute Gasteiger partial charge is 0.460 e. The summed E-state index contributed by atoms with van der Waals surface area (Å²) in [6.07, 6.45) is 11.7. The van der Waals surface area contributed by atoms with E-state index in [9.17, 15) is 9.90 Å². The number of aliphatic hydroxyl groups is 1. The van der Waals surface area contributed by atoms with Gasteiger partial charge in [-0.15, -0.1) is 0 Å². The summed E-state index contributed by atoms with van der Waals surface area (Å²) in [5.74, 6) is 0.459. The second-order valence-corrected chi connectivity index (χ2v) is 10.6. The Labute approximate surface area is 204 Å². The van der Waals surface area contributed by atoms with E-state index in [1.807, 2.05) is 48.6 Å². The fourth-order valence-electron chi connectivity index (χ4n) is 5.53. The monoisotopic (exact) mass is 464 g/mol. The fourth-order valence-corrected chi connectivity index (χ4v) is 5.53.